The van der Waals surface area contributed by atoms with Crippen LogP contribution in [0.25, 0.3) is 10.9 Å². The molecule has 4 aromatic rings. The molecule has 0 N–H and O–H groups in total. The normalized spacial score (nSPS) is 17.5. The lowest BCUT2D eigenvalue weighted by Gasteiger charge is -2.43. The molecular formula is C28H25N3O2. The van der Waals surface area contributed by atoms with Crippen molar-refractivity contribution in [2.24, 2.45) is 0 Å². The maximum Gasteiger partial charge on any atom is 0.258 e. The van der Waals surface area contributed by atoms with Crippen LogP contribution in [0.2, 0.25) is 0 Å². The van der Waals surface area contributed by atoms with Crippen LogP contribution in [0.4, 0.5) is 11.4 Å². The van der Waals surface area contributed by atoms with Crippen LogP contribution in [0, 0.1) is 0 Å². The second-order valence-electron chi connectivity index (χ2n) is 8.47. The van der Waals surface area contributed by atoms with E-state index in [-0.39, 0.29) is 23.9 Å². The van der Waals surface area contributed by atoms with Gasteiger partial charge >= 0.3 is 0 Å². The number of benzene rings is 3. The highest BCUT2D eigenvalue weighted by Crippen LogP contribution is 2.42. The van der Waals surface area contributed by atoms with Crippen molar-refractivity contribution in [3.8, 4) is 0 Å². The minimum absolute atomic E-state index is 0.0185. The number of carbonyl (C=O) groups is 2. The minimum Gasteiger partial charge on any atom is -0.305 e. The van der Waals surface area contributed by atoms with Crippen molar-refractivity contribution in [3.05, 3.63) is 102 Å². The van der Waals surface area contributed by atoms with Crippen molar-refractivity contribution < 1.29 is 9.59 Å². The van der Waals surface area contributed by atoms with Gasteiger partial charge in [-0.1, -0.05) is 42.5 Å². The summed E-state index contributed by atoms with van der Waals surface area (Å²) in [5, 5.41) is 0.936. The lowest BCUT2D eigenvalue weighted by Crippen LogP contribution is -2.47. The molecule has 5 heteroatoms. The monoisotopic (exact) mass is 435 g/mol. The molecule has 0 unspecified atom stereocenters. The Labute approximate surface area is 193 Å². The molecule has 0 saturated heterocycles. The zero-order chi connectivity index (χ0) is 22.9. The Morgan fingerprint density at radius 3 is 2.48 bits per heavy atom. The van der Waals surface area contributed by atoms with Crippen LogP contribution in [0.3, 0.4) is 0 Å². The summed E-state index contributed by atoms with van der Waals surface area (Å²) in [5.41, 5.74) is 4.17. The van der Waals surface area contributed by atoms with Gasteiger partial charge < -0.3 is 9.80 Å². The van der Waals surface area contributed by atoms with Crippen molar-refractivity contribution in [2.75, 3.05) is 9.80 Å². The maximum absolute atomic E-state index is 13.7. The summed E-state index contributed by atoms with van der Waals surface area (Å²) in [5.74, 6) is -0.0664. The molecule has 0 spiro atoms. The van der Waals surface area contributed by atoms with E-state index < -0.39 is 0 Å². The molecule has 33 heavy (non-hydrogen) atoms. The smallest absolute Gasteiger partial charge is 0.258 e. The molecular weight excluding hydrogens is 410 g/mol. The topological polar surface area (TPSA) is 53.5 Å². The SMILES string of the molecule is CC(=O)N(c1ccccc1)[C@H]1C[C@@H](C)N(C(=O)c2ccc3ncccc3c2)c2ccccc21. The first-order valence-electron chi connectivity index (χ1n) is 11.2. The van der Waals surface area contributed by atoms with Crippen LogP contribution in [0.15, 0.2) is 91.1 Å². The molecule has 1 aromatic heterocycles. The van der Waals surface area contributed by atoms with Gasteiger partial charge in [0, 0.05) is 41.5 Å². The summed E-state index contributed by atoms with van der Waals surface area (Å²) >= 11 is 0. The highest BCUT2D eigenvalue weighted by molar-refractivity contribution is 6.09. The number of anilines is 2. The van der Waals surface area contributed by atoms with Crippen molar-refractivity contribution in [2.45, 2.75) is 32.4 Å². The Bertz CT molecular complexity index is 1340. The van der Waals surface area contributed by atoms with E-state index in [2.05, 4.69) is 4.98 Å². The van der Waals surface area contributed by atoms with Gasteiger partial charge in [-0.05, 0) is 61.4 Å². The van der Waals surface area contributed by atoms with Gasteiger partial charge in [0.25, 0.3) is 5.91 Å². The lowest BCUT2D eigenvalue weighted by molar-refractivity contribution is -0.117. The van der Waals surface area contributed by atoms with E-state index in [1.807, 2.05) is 102 Å². The average Bonchev–Trinajstić information content (AvgIpc) is 2.84. The summed E-state index contributed by atoms with van der Waals surface area (Å²) in [4.78, 5) is 34.6. The van der Waals surface area contributed by atoms with E-state index in [1.54, 1.807) is 13.1 Å². The third-order valence-corrected chi connectivity index (χ3v) is 6.31. The van der Waals surface area contributed by atoms with E-state index in [4.69, 9.17) is 0 Å². The maximum atomic E-state index is 13.7. The predicted molar refractivity (Wildman–Crippen MR) is 131 cm³/mol. The van der Waals surface area contributed by atoms with Crippen LogP contribution < -0.4 is 9.80 Å². The number of aromatic nitrogens is 1. The molecule has 0 saturated carbocycles. The molecule has 2 amide bonds. The number of nitrogens with zero attached hydrogens (tertiary/aromatic N) is 3. The van der Waals surface area contributed by atoms with Gasteiger partial charge in [-0.15, -0.1) is 0 Å². The first-order valence-corrected chi connectivity index (χ1v) is 11.2. The number of rotatable bonds is 3. The summed E-state index contributed by atoms with van der Waals surface area (Å²) < 4.78 is 0. The Balaban J connectivity index is 1.57. The van der Waals surface area contributed by atoms with Crippen LogP contribution in [0.1, 0.15) is 42.2 Å². The largest absolute Gasteiger partial charge is 0.305 e. The summed E-state index contributed by atoms with van der Waals surface area (Å²) in [6.07, 6.45) is 2.40. The molecule has 164 valence electrons. The highest BCUT2D eigenvalue weighted by Gasteiger charge is 2.38. The van der Waals surface area contributed by atoms with Crippen LogP contribution >= 0.6 is 0 Å². The molecule has 5 nitrogen and oxygen atoms in total. The molecule has 5 rings (SSSR count). The molecule has 2 heterocycles. The highest BCUT2D eigenvalue weighted by atomic mass is 16.2. The Morgan fingerprint density at radius 1 is 0.939 bits per heavy atom. The molecule has 0 aliphatic carbocycles. The van der Waals surface area contributed by atoms with Gasteiger partial charge in [-0.2, -0.15) is 0 Å². The number of carbonyl (C=O) groups excluding carboxylic acids is 2. The molecule has 1 aliphatic rings. The second kappa shape index (κ2) is 8.51. The molecule has 2 atom stereocenters. The minimum atomic E-state index is -0.152. The first-order chi connectivity index (χ1) is 16.0. The quantitative estimate of drug-likeness (QED) is 0.411. The Kier molecular flexibility index (Phi) is 5.38. The zero-order valence-corrected chi connectivity index (χ0v) is 18.7. The summed E-state index contributed by atoms with van der Waals surface area (Å²) in [6, 6.07) is 26.9. The van der Waals surface area contributed by atoms with Crippen LogP contribution in [-0.4, -0.2) is 22.8 Å². The van der Waals surface area contributed by atoms with E-state index in [0.29, 0.717) is 12.0 Å². The number of para-hydroxylation sites is 2. The zero-order valence-electron chi connectivity index (χ0n) is 18.7. The number of fused-ring (bicyclic) bond motifs is 2. The third-order valence-electron chi connectivity index (χ3n) is 6.31. The van der Waals surface area contributed by atoms with Gasteiger partial charge in [0.15, 0.2) is 0 Å². The van der Waals surface area contributed by atoms with E-state index in [1.165, 1.54) is 0 Å². The molecule has 0 bridgehead atoms. The first kappa shape index (κ1) is 20.9. The van der Waals surface area contributed by atoms with Gasteiger partial charge in [-0.25, -0.2) is 0 Å². The molecule has 0 fully saturated rings. The standard InChI is InChI=1S/C28H25N3O2/c1-19-17-27(31(20(2)32)23-10-4-3-5-11-23)24-12-6-7-13-26(24)30(19)28(33)22-14-15-25-21(18-22)9-8-16-29-25/h3-16,18-19,27H,17H2,1-2H3/t19-,27+/m1/s1. The third kappa shape index (κ3) is 3.76. The molecule has 0 radical (unpaired) electrons. The van der Waals surface area contributed by atoms with Gasteiger partial charge in [-0.3, -0.25) is 14.6 Å². The lowest BCUT2D eigenvalue weighted by atomic mass is 9.89. The Hall–Kier alpha value is -3.99. The van der Waals surface area contributed by atoms with Crippen LogP contribution in [0.5, 0.6) is 0 Å². The van der Waals surface area contributed by atoms with E-state index in [9.17, 15) is 9.59 Å². The van der Waals surface area contributed by atoms with Gasteiger partial charge in [0.05, 0.1) is 11.6 Å². The fourth-order valence-electron chi connectivity index (χ4n) is 4.85. The van der Waals surface area contributed by atoms with Crippen molar-refractivity contribution >= 4 is 34.1 Å². The number of amides is 2. The number of hydrogen-bond acceptors (Lipinski definition) is 3. The fourth-order valence-corrected chi connectivity index (χ4v) is 4.85. The molecule has 3 aromatic carbocycles. The van der Waals surface area contributed by atoms with Crippen molar-refractivity contribution in [1.82, 2.24) is 4.98 Å². The molecule has 1 aliphatic heterocycles. The number of pyridine rings is 1. The average molecular weight is 436 g/mol. The van der Waals surface area contributed by atoms with E-state index >= 15 is 0 Å². The Morgan fingerprint density at radius 2 is 1.70 bits per heavy atom. The summed E-state index contributed by atoms with van der Waals surface area (Å²) in [7, 11) is 0. The van der Waals surface area contributed by atoms with Gasteiger partial charge in [0.2, 0.25) is 5.91 Å². The van der Waals surface area contributed by atoms with Crippen LogP contribution in [-0.2, 0) is 4.79 Å². The number of hydrogen-bond donors (Lipinski definition) is 0. The predicted octanol–water partition coefficient (Wildman–Crippen LogP) is 5.77. The fraction of sp³-hybridized carbons (Fsp3) is 0.179. The van der Waals surface area contributed by atoms with Crippen molar-refractivity contribution in [1.29, 1.82) is 0 Å². The van der Waals surface area contributed by atoms with Crippen molar-refractivity contribution in [3.63, 3.8) is 0 Å². The van der Waals surface area contributed by atoms with E-state index in [0.717, 1.165) is 27.8 Å². The summed E-state index contributed by atoms with van der Waals surface area (Å²) in [6.45, 7) is 3.65. The second-order valence-corrected chi connectivity index (χ2v) is 8.47. The van der Waals surface area contributed by atoms with Gasteiger partial charge in [0.1, 0.15) is 0 Å².